The van der Waals surface area contributed by atoms with E-state index in [-0.39, 0.29) is 22.9 Å². The number of hydrogen-bond donors (Lipinski definition) is 1. The normalized spacial score (nSPS) is 12.2. The summed E-state index contributed by atoms with van der Waals surface area (Å²) in [5, 5.41) is 12.5. The van der Waals surface area contributed by atoms with Gasteiger partial charge in [0.25, 0.3) is 0 Å². The number of alkyl halides is 3. The number of carboxylic acids is 1. The van der Waals surface area contributed by atoms with Gasteiger partial charge in [-0.2, -0.15) is 18.3 Å². The molecule has 5 nitrogen and oxygen atoms in total. The smallest absolute Gasteiger partial charge is 0.435 e. The monoisotopic (exact) mass is 311 g/mol. The van der Waals surface area contributed by atoms with Crippen LogP contribution in [0, 0.1) is 6.92 Å². The van der Waals surface area contributed by atoms with Crippen LogP contribution in [0.15, 0.2) is 5.03 Å². The highest BCUT2D eigenvalue weighted by Gasteiger charge is 2.37. The zero-order valence-electron chi connectivity index (χ0n) is 11.4. The van der Waals surface area contributed by atoms with E-state index in [2.05, 4.69) is 5.10 Å². The van der Waals surface area contributed by atoms with Gasteiger partial charge in [0, 0.05) is 12.1 Å². The van der Waals surface area contributed by atoms with Crippen LogP contribution in [-0.4, -0.2) is 52.1 Å². The summed E-state index contributed by atoms with van der Waals surface area (Å²) >= 11 is 0.853. The molecular weight excluding hydrogens is 295 g/mol. The van der Waals surface area contributed by atoms with E-state index in [4.69, 9.17) is 5.11 Å². The standard InChI is InChI=1S/C11H16F3N3O2S/c1-7-9(11(12,13)14)15-17(5-4-16(2)3)10(7)20-6-8(18)19/h4-6H2,1-3H3,(H,18,19). The molecule has 0 saturated carbocycles. The van der Waals surface area contributed by atoms with Crippen LogP contribution in [0.2, 0.25) is 0 Å². The molecule has 20 heavy (non-hydrogen) atoms. The van der Waals surface area contributed by atoms with Crippen LogP contribution in [-0.2, 0) is 17.5 Å². The molecule has 1 aromatic rings. The predicted octanol–water partition coefficient (Wildman–Crippen LogP) is 1.95. The number of carboxylic acid groups (broad SMARTS) is 1. The Morgan fingerprint density at radius 3 is 2.50 bits per heavy atom. The van der Waals surface area contributed by atoms with Crippen molar-refractivity contribution in [3.63, 3.8) is 0 Å². The van der Waals surface area contributed by atoms with Crippen LogP contribution in [0.25, 0.3) is 0 Å². The molecule has 0 spiro atoms. The number of halogens is 3. The summed E-state index contributed by atoms with van der Waals surface area (Å²) in [6.07, 6.45) is -4.54. The summed E-state index contributed by atoms with van der Waals surface area (Å²) in [7, 11) is 3.59. The first-order chi connectivity index (χ1) is 9.12. The lowest BCUT2D eigenvalue weighted by Gasteiger charge is -2.11. The second-order valence-electron chi connectivity index (χ2n) is 4.49. The Hall–Kier alpha value is -1.22. The van der Waals surface area contributed by atoms with Gasteiger partial charge in [0.15, 0.2) is 5.69 Å². The van der Waals surface area contributed by atoms with E-state index in [0.29, 0.717) is 6.54 Å². The number of carbonyl (C=O) groups is 1. The van der Waals surface area contributed by atoms with Gasteiger partial charge in [-0.1, -0.05) is 11.8 Å². The first-order valence-electron chi connectivity index (χ1n) is 5.77. The summed E-state index contributed by atoms with van der Waals surface area (Å²) in [5.74, 6) is -1.38. The number of thioether (sulfide) groups is 1. The molecule has 0 amide bonds. The molecule has 0 unspecified atom stereocenters. The highest BCUT2D eigenvalue weighted by molar-refractivity contribution is 7.99. The van der Waals surface area contributed by atoms with Crippen LogP contribution in [0.3, 0.4) is 0 Å². The highest BCUT2D eigenvalue weighted by Crippen LogP contribution is 2.35. The maximum Gasteiger partial charge on any atom is 0.435 e. The Balaban J connectivity index is 3.08. The molecular formula is C11H16F3N3O2S. The van der Waals surface area contributed by atoms with Gasteiger partial charge >= 0.3 is 12.1 Å². The van der Waals surface area contributed by atoms with E-state index in [1.54, 1.807) is 14.1 Å². The minimum Gasteiger partial charge on any atom is -0.481 e. The number of hydrogen-bond acceptors (Lipinski definition) is 4. The van der Waals surface area contributed by atoms with E-state index >= 15 is 0 Å². The number of likely N-dealkylation sites (N-methyl/N-ethyl adjacent to an activating group) is 1. The Labute approximate surface area is 118 Å². The SMILES string of the molecule is Cc1c(C(F)(F)F)nn(CCN(C)C)c1SCC(=O)O. The molecule has 1 rings (SSSR count). The van der Waals surface area contributed by atoms with Crippen molar-refractivity contribution in [3.8, 4) is 0 Å². The third-order valence-electron chi connectivity index (χ3n) is 2.49. The van der Waals surface area contributed by atoms with E-state index in [0.717, 1.165) is 11.8 Å². The molecule has 0 radical (unpaired) electrons. The van der Waals surface area contributed by atoms with Gasteiger partial charge in [-0.3, -0.25) is 9.48 Å². The predicted molar refractivity (Wildman–Crippen MR) is 68.9 cm³/mol. The minimum atomic E-state index is -4.54. The zero-order valence-corrected chi connectivity index (χ0v) is 12.2. The summed E-state index contributed by atoms with van der Waals surface area (Å²) in [6, 6.07) is 0. The fraction of sp³-hybridized carbons (Fsp3) is 0.636. The van der Waals surface area contributed by atoms with E-state index in [1.165, 1.54) is 11.6 Å². The number of aromatic nitrogens is 2. The van der Waals surface area contributed by atoms with Crippen LogP contribution in [0.4, 0.5) is 13.2 Å². The van der Waals surface area contributed by atoms with Gasteiger partial charge in [0.1, 0.15) is 0 Å². The van der Waals surface area contributed by atoms with Gasteiger partial charge in [-0.05, 0) is 21.0 Å². The molecule has 0 aliphatic rings. The quantitative estimate of drug-likeness (QED) is 0.814. The zero-order chi connectivity index (χ0) is 15.5. The summed E-state index contributed by atoms with van der Waals surface area (Å²) in [6.45, 7) is 2.09. The fourth-order valence-electron chi connectivity index (χ4n) is 1.56. The first kappa shape index (κ1) is 16.8. The van der Waals surface area contributed by atoms with E-state index in [9.17, 15) is 18.0 Å². The Kier molecular flexibility index (Phi) is 5.46. The van der Waals surface area contributed by atoms with Crippen molar-refractivity contribution in [3.05, 3.63) is 11.3 Å². The lowest BCUT2D eigenvalue weighted by atomic mass is 10.3. The Morgan fingerprint density at radius 2 is 2.05 bits per heavy atom. The van der Waals surface area contributed by atoms with Gasteiger partial charge in [0.05, 0.1) is 17.3 Å². The van der Waals surface area contributed by atoms with Crippen molar-refractivity contribution >= 4 is 17.7 Å². The minimum absolute atomic E-state index is 0.0255. The van der Waals surface area contributed by atoms with Gasteiger partial charge in [-0.15, -0.1) is 0 Å². The third-order valence-corrected chi connectivity index (χ3v) is 3.67. The second-order valence-corrected chi connectivity index (χ2v) is 5.45. The van der Waals surface area contributed by atoms with E-state index < -0.39 is 17.8 Å². The first-order valence-corrected chi connectivity index (χ1v) is 6.75. The topological polar surface area (TPSA) is 58.4 Å². The molecule has 9 heteroatoms. The number of nitrogens with zero attached hydrogens (tertiary/aromatic N) is 3. The lowest BCUT2D eigenvalue weighted by Crippen LogP contribution is -2.20. The van der Waals surface area contributed by atoms with Crippen LogP contribution >= 0.6 is 11.8 Å². The molecule has 0 bridgehead atoms. The summed E-state index contributed by atoms with van der Waals surface area (Å²) in [5.41, 5.74) is -0.980. The van der Waals surface area contributed by atoms with Crippen molar-refractivity contribution in [1.82, 2.24) is 14.7 Å². The van der Waals surface area contributed by atoms with Gasteiger partial charge in [0.2, 0.25) is 0 Å². The maximum atomic E-state index is 12.8. The Morgan fingerprint density at radius 1 is 1.45 bits per heavy atom. The molecule has 114 valence electrons. The summed E-state index contributed by atoms with van der Waals surface area (Å²) in [4.78, 5) is 12.4. The molecule has 1 N–H and O–H groups in total. The second kappa shape index (κ2) is 6.49. The lowest BCUT2D eigenvalue weighted by molar-refractivity contribution is -0.142. The molecule has 0 aromatic carbocycles. The molecule has 0 atom stereocenters. The van der Waals surface area contributed by atoms with Crippen molar-refractivity contribution in [1.29, 1.82) is 0 Å². The van der Waals surface area contributed by atoms with Crippen LogP contribution in [0.1, 0.15) is 11.3 Å². The average molecular weight is 311 g/mol. The molecule has 1 heterocycles. The molecule has 0 fully saturated rings. The molecule has 0 aliphatic carbocycles. The summed E-state index contributed by atoms with van der Waals surface area (Å²) < 4.78 is 39.7. The molecule has 0 saturated heterocycles. The van der Waals surface area contributed by atoms with Gasteiger partial charge in [-0.25, -0.2) is 0 Å². The number of rotatable bonds is 6. The van der Waals surface area contributed by atoms with Crippen molar-refractivity contribution in [2.75, 3.05) is 26.4 Å². The fourth-order valence-corrected chi connectivity index (χ4v) is 2.42. The van der Waals surface area contributed by atoms with Crippen molar-refractivity contribution in [2.24, 2.45) is 0 Å². The number of aliphatic carboxylic acids is 1. The maximum absolute atomic E-state index is 12.8. The van der Waals surface area contributed by atoms with Crippen molar-refractivity contribution in [2.45, 2.75) is 24.7 Å². The van der Waals surface area contributed by atoms with Crippen LogP contribution < -0.4 is 0 Å². The van der Waals surface area contributed by atoms with Gasteiger partial charge < -0.3 is 10.0 Å². The van der Waals surface area contributed by atoms with E-state index in [1.807, 2.05) is 4.90 Å². The Bertz CT molecular complexity index is 486. The largest absolute Gasteiger partial charge is 0.481 e. The van der Waals surface area contributed by atoms with Crippen LogP contribution in [0.5, 0.6) is 0 Å². The average Bonchev–Trinajstić information content (AvgIpc) is 2.60. The third kappa shape index (κ3) is 4.41. The van der Waals surface area contributed by atoms with Crippen molar-refractivity contribution < 1.29 is 23.1 Å². The molecule has 0 aliphatic heterocycles. The highest BCUT2D eigenvalue weighted by atomic mass is 32.2. The molecule has 1 aromatic heterocycles.